The van der Waals surface area contributed by atoms with Crippen LogP contribution in [0.4, 0.5) is 0 Å². The fraction of sp³-hybridized carbons (Fsp3) is 0.830. The highest BCUT2D eigenvalue weighted by atomic mass is 16.9. The van der Waals surface area contributed by atoms with E-state index in [1.54, 1.807) is 41.5 Å². The van der Waals surface area contributed by atoms with Crippen LogP contribution in [0, 0.1) is 0 Å². The second-order valence-corrected chi connectivity index (χ2v) is 36.8. The molecule has 0 bridgehead atoms. The third-order valence-electron chi connectivity index (χ3n) is 23.1. The monoisotopic (exact) mass is 2040 g/mol. The van der Waals surface area contributed by atoms with Crippen molar-refractivity contribution in [3.05, 3.63) is 0 Å². The zero-order chi connectivity index (χ0) is 104. The van der Waals surface area contributed by atoms with Gasteiger partial charge in [-0.3, -0.25) is 71.9 Å². The topological polar surface area (TPSA) is 627 Å². The molecule has 54 heteroatoms. The summed E-state index contributed by atoms with van der Waals surface area (Å²) in [7, 11) is 0. The Balaban J connectivity index is 0.895. The van der Waals surface area contributed by atoms with Crippen LogP contribution in [0.3, 0.4) is 0 Å². The molecule has 0 amide bonds. The molecule has 12 aliphatic rings. The molecule has 0 radical (unpaired) electrons. The van der Waals surface area contributed by atoms with Crippen LogP contribution in [0.25, 0.3) is 0 Å². The summed E-state index contributed by atoms with van der Waals surface area (Å²) >= 11 is 0. The molecule has 142 heavy (non-hydrogen) atoms. The minimum atomic E-state index is -2.34. The molecule has 12 aliphatic heterocycles. The van der Waals surface area contributed by atoms with Crippen molar-refractivity contribution in [1.82, 2.24) is 0 Å². The number of carbonyl (C=O) groups is 15. The molecule has 12 saturated heterocycles. The molecule has 0 aromatic rings. The van der Waals surface area contributed by atoms with E-state index in [0.717, 1.165) is 104 Å². The van der Waals surface area contributed by atoms with Crippen LogP contribution >= 0.6 is 0 Å². The number of carbonyl (C=O) groups excluding carboxylic acids is 15. The molecule has 12 heterocycles. The Kier molecular flexibility index (Phi) is 36.9. The van der Waals surface area contributed by atoms with Crippen molar-refractivity contribution >= 4 is 89.5 Å². The fourth-order valence-electron chi connectivity index (χ4n) is 18.5. The van der Waals surface area contributed by atoms with Gasteiger partial charge >= 0.3 is 89.5 Å². The fourth-order valence-corrected chi connectivity index (χ4v) is 18.5. The van der Waals surface area contributed by atoms with Crippen molar-refractivity contribution in [3.63, 3.8) is 0 Å². The second kappa shape index (κ2) is 46.9. The molecule has 0 spiro atoms. The number of aliphatic hydroxyl groups is 1. The zero-order valence-electron chi connectivity index (χ0n) is 82.2. The van der Waals surface area contributed by atoms with E-state index in [1.165, 1.54) is 13.8 Å². The minimum Gasteiger partial charge on any atom is -0.463 e. The summed E-state index contributed by atoms with van der Waals surface area (Å²) in [5, 5.41) is 12.1. The lowest BCUT2D eigenvalue weighted by Crippen LogP contribution is -2.66. The lowest BCUT2D eigenvalue weighted by molar-refractivity contribution is -0.362. The first kappa shape index (κ1) is 112. The first-order valence-electron chi connectivity index (χ1n) is 45.7. The normalized spacial score (nSPS) is 39.0. The summed E-state index contributed by atoms with van der Waals surface area (Å²) in [6.07, 6.45) is -62.3. The molecule has 0 aromatic carbocycles. The summed E-state index contributed by atoms with van der Waals surface area (Å²) in [4.78, 5) is 198. The van der Waals surface area contributed by atoms with Crippen molar-refractivity contribution in [3.8, 4) is 0 Å². The average Bonchev–Trinajstić information content (AvgIpc) is 1.58. The summed E-state index contributed by atoms with van der Waals surface area (Å²) in [5.74, 6) is -20.6. The maximum atomic E-state index is 14.0. The Bertz CT molecular complexity index is 4500. The Morgan fingerprint density at radius 2 is 0.408 bits per heavy atom. The number of ether oxygens (including phenoxy) is 38. The van der Waals surface area contributed by atoms with Gasteiger partial charge in [-0.05, 0) is 55.4 Å². The van der Waals surface area contributed by atoms with E-state index in [9.17, 15) is 77.0 Å². The van der Waals surface area contributed by atoms with Gasteiger partial charge in [0.2, 0.25) is 0 Å². The largest absolute Gasteiger partial charge is 0.463 e. The van der Waals surface area contributed by atoms with E-state index in [1.807, 2.05) is 0 Å². The van der Waals surface area contributed by atoms with Gasteiger partial charge in [-0.15, -0.1) is 0 Å². The van der Waals surface area contributed by atoms with E-state index in [2.05, 4.69) is 0 Å². The molecule has 800 valence electrons. The third kappa shape index (κ3) is 28.5. The van der Waals surface area contributed by atoms with Gasteiger partial charge in [0.15, 0.2) is 159 Å². The van der Waals surface area contributed by atoms with Crippen LogP contribution in [-0.2, 0) is 252 Å². The molecule has 12 rings (SSSR count). The minimum absolute atomic E-state index is 0.282. The Hall–Kier alpha value is -8.91. The number of aliphatic hydroxyl groups excluding tert-OH is 1. The van der Waals surface area contributed by atoms with Crippen molar-refractivity contribution in [2.75, 3.05) is 52.9 Å². The summed E-state index contributed by atoms with van der Waals surface area (Å²) in [6, 6.07) is 0. The molecule has 38 atom stereocenters. The van der Waals surface area contributed by atoms with Gasteiger partial charge < -0.3 is 185 Å². The number of esters is 15. The third-order valence-corrected chi connectivity index (χ3v) is 23.1. The van der Waals surface area contributed by atoms with Gasteiger partial charge in [0, 0.05) is 104 Å². The van der Waals surface area contributed by atoms with Gasteiger partial charge in [0.05, 0.1) is 39.6 Å². The SMILES string of the molecule is CC(=O)OC[C@@H]1O[C@@H](OC[C@@H]2O[C@@H](O[C@H]3[C@H](OC[C@H]4O[C@@H](OC[C@H]5O[C@@H](OC[C@H]6O[C@@H](OC[C@H]7O[C@@H]8OC(C)(C)O[C@@H]8[C@H]8OC(C)(C)O[C@H]87)[C@H](O)[C@H]7OC(C)(C)O[C@H]76)[C@H](OC(C)=O)[C@H]6OC(C)(C)O[C@H]65)[C@H](OC(C)=O)[C@@H](OC(C)=O)[C@H]4OC(C)=O)O[C@H](CO[C@@H]4O[C@H](COC(C)=O)[C@H](OC(C)=O)[C@H](OC(C)=O)[C@H]4OC(C)=O)[C@H](OC(C)=O)[C@@H]3OC(C)=O)[C@H](OC(C)=O)[C@H]2OC(C)=O)[C@H](OC(C)=O)[C@H]1OC(C)=O. The van der Waals surface area contributed by atoms with E-state index >= 15 is 0 Å². The molecule has 12 fully saturated rings. The second-order valence-electron chi connectivity index (χ2n) is 36.8. The predicted octanol–water partition coefficient (Wildman–Crippen LogP) is -1.42. The van der Waals surface area contributed by atoms with Crippen LogP contribution in [-0.4, -0.2) is 404 Å². The smallest absolute Gasteiger partial charge is 0.303 e. The van der Waals surface area contributed by atoms with Crippen LogP contribution in [0.2, 0.25) is 0 Å². The zero-order valence-corrected chi connectivity index (χ0v) is 82.2. The van der Waals surface area contributed by atoms with E-state index < -0.39 is 392 Å². The lowest BCUT2D eigenvalue weighted by Gasteiger charge is -2.48. The summed E-state index contributed by atoms with van der Waals surface area (Å²) < 4.78 is 234. The van der Waals surface area contributed by atoms with E-state index in [4.69, 9.17) is 180 Å². The predicted molar refractivity (Wildman–Crippen MR) is 443 cm³/mol. The molecule has 0 saturated carbocycles. The number of fused-ring (bicyclic) bond motifs is 5. The first-order chi connectivity index (χ1) is 66.5. The highest BCUT2D eigenvalue weighted by Crippen LogP contribution is 2.48. The van der Waals surface area contributed by atoms with Crippen molar-refractivity contribution < 1.29 is 257 Å². The Morgan fingerprint density at radius 1 is 0.197 bits per heavy atom. The molecule has 54 nitrogen and oxygen atoms in total. The molecular weight excluding hydrogens is 1920 g/mol. The van der Waals surface area contributed by atoms with Crippen LogP contribution in [0.15, 0.2) is 0 Å². The number of hydrogen-bond acceptors (Lipinski definition) is 54. The highest BCUT2D eigenvalue weighted by Gasteiger charge is 2.67. The first-order valence-corrected chi connectivity index (χ1v) is 45.7. The average molecular weight is 2050 g/mol. The Morgan fingerprint density at radius 3 is 0.768 bits per heavy atom. The van der Waals surface area contributed by atoms with Gasteiger partial charge in [-0.25, -0.2) is 0 Å². The highest BCUT2D eigenvalue weighted by molar-refractivity contribution is 5.72. The molecule has 0 unspecified atom stereocenters. The van der Waals surface area contributed by atoms with Gasteiger partial charge in [0.25, 0.3) is 0 Å². The van der Waals surface area contributed by atoms with E-state index in [0.29, 0.717) is 0 Å². The Labute approximate surface area is 812 Å². The molecular formula is C88H124O54. The number of rotatable bonds is 37. The molecule has 0 aliphatic carbocycles. The van der Waals surface area contributed by atoms with Gasteiger partial charge in [-0.2, -0.15) is 0 Å². The maximum absolute atomic E-state index is 14.0. The van der Waals surface area contributed by atoms with Gasteiger partial charge in [-0.1, -0.05) is 0 Å². The molecule has 1 N–H and O–H groups in total. The van der Waals surface area contributed by atoms with Crippen molar-refractivity contribution in [2.45, 2.75) is 416 Å². The lowest BCUT2D eigenvalue weighted by atomic mass is 9.96. The number of hydrogen-bond donors (Lipinski definition) is 1. The molecule has 0 aromatic heterocycles. The van der Waals surface area contributed by atoms with E-state index in [-0.39, 0.29) is 6.61 Å². The summed E-state index contributed by atoms with van der Waals surface area (Å²) in [6.45, 7) is 21.6. The van der Waals surface area contributed by atoms with Gasteiger partial charge in [0.1, 0.15) is 111 Å². The van der Waals surface area contributed by atoms with Crippen LogP contribution < -0.4 is 0 Å². The van der Waals surface area contributed by atoms with Crippen molar-refractivity contribution in [1.29, 1.82) is 0 Å². The summed E-state index contributed by atoms with van der Waals surface area (Å²) in [5.41, 5.74) is 0. The quantitative estimate of drug-likeness (QED) is 0.0551. The van der Waals surface area contributed by atoms with Crippen molar-refractivity contribution in [2.24, 2.45) is 0 Å². The van der Waals surface area contributed by atoms with Crippen LogP contribution in [0.1, 0.15) is 159 Å². The van der Waals surface area contributed by atoms with Crippen LogP contribution in [0.5, 0.6) is 0 Å². The maximum Gasteiger partial charge on any atom is 0.303 e. The standard InChI is InChI=1S/C88H124O54/c1-32(89)105-24-47-56(113-34(3)91)65(118-39(8)96)72(123-44(13)101)79(127-47)109-26-50-58(115-36(5)93)67(120-41(10)98)74(134-83-71(122-43(12)100)60(117-38(7)95)51(132-83)28-108-78-70(121-42(11)99)59(116-37(6)94)48(128-78)25-106-33(2)90)81(130-50)110-27-49-57(114-35(4)92)66(119-40(9)97)73(124-45(14)102)80(129-49)111-31-53-62-68(139-86(18,19)136-62)75(125-46(15)103)82(131-53)112-30-52-61-64(138-85(16,17)135-61)55(104)77(126-52)107-29-54-63-69(140-87(20,21)137-63)76-84(133-54)142-88(22,23)141-76/h47-84,104H,24-31H2,1-23H3/t47-,48+,49-,50-,51+,52-,53-,54-,55-,56+,57+,58+,59+,60+,61+,62+,63+,64-,65+,66+,67+,68+,69+,70-,71-,72-,73-,74-,75-,76-,77-,78-,79-,80-,81-,82-,83+,84-/m1/s1.